The quantitative estimate of drug-likeness (QED) is 0.0789. The SMILES string of the molecule is C=C.C=C/C(=C\C)c1ccc(C(C)N=C(/C=C\c2ccccc2)c2cc(C(/C=C\CC)=C/C)cc(-c3cccc4cccnc34)c2)cc1.CC. The predicted molar refractivity (Wildman–Crippen MR) is 224 cm³/mol. The molecule has 50 heavy (non-hydrogen) atoms. The summed E-state index contributed by atoms with van der Waals surface area (Å²) in [5, 5.41) is 1.12. The molecule has 0 aliphatic heterocycles. The van der Waals surface area contributed by atoms with Gasteiger partial charge in [0.1, 0.15) is 0 Å². The summed E-state index contributed by atoms with van der Waals surface area (Å²) >= 11 is 0. The fourth-order valence-electron chi connectivity index (χ4n) is 5.63. The van der Waals surface area contributed by atoms with Crippen molar-refractivity contribution >= 4 is 33.8 Å². The minimum atomic E-state index is -0.0604. The van der Waals surface area contributed by atoms with Gasteiger partial charge in [-0.2, -0.15) is 0 Å². The van der Waals surface area contributed by atoms with Crippen molar-refractivity contribution in [2.45, 2.75) is 54.0 Å². The molecule has 0 saturated carbocycles. The van der Waals surface area contributed by atoms with Crippen molar-refractivity contribution in [1.29, 1.82) is 0 Å². The number of rotatable bonds is 11. The Balaban J connectivity index is 0.00000163. The van der Waals surface area contributed by atoms with Gasteiger partial charge < -0.3 is 0 Å². The number of nitrogens with zero attached hydrogens (tertiary/aromatic N) is 2. The molecular formula is C48H52N2. The summed E-state index contributed by atoms with van der Waals surface area (Å²) in [7, 11) is 0. The third-order valence-corrected chi connectivity index (χ3v) is 8.17. The maximum Gasteiger partial charge on any atom is 0.0780 e. The molecule has 5 rings (SSSR count). The lowest BCUT2D eigenvalue weighted by Crippen LogP contribution is -2.03. The van der Waals surface area contributed by atoms with Crippen LogP contribution in [0, 0.1) is 0 Å². The first-order valence-electron chi connectivity index (χ1n) is 17.6. The highest BCUT2D eigenvalue weighted by Gasteiger charge is 2.14. The Morgan fingerprint density at radius 2 is 1.44 bits per heavy atom. The van der Waals surface area contributed by atoms with E-state index in [4.69, 9.17) is 9.98 Å². The summed E-state index contributed by atoms with van der Waals surface area (Å²) in [6, 6.07) is 36.3. The first kappa shape index (κ1) is 38.8. The van der Waals surface area contributed by atoms with Crippen LogP contribution in [-0.4, -0.2) is 10.7 Å². The van der Waals surface area contributed by atoms with Crippen LogP contribution >= 0.6 is 0 Å². The zero-order valence-corrected chi connectivity index (χ0v) is 30.7. The van der Waals surface area contributed by atoms with Crippen LogP contribution in [0.1, 0.15) is 81.8 Å². The molecule has 0 bridgehead atoms. The monoisotopic (exact) mass is 656 g/mol. The van der Waals surface area contributed by atoms with Gasteiger partial charge in [0.25, 0.3) is 0 Å². The Kier molecular flexibility index (Phi) is 16.1. The first-order valence-corrected chi connectivity index (χ1v) is 17.6. The van der Waals surface area contributed by atoms with Gasteiger partial charge in [-0.05, 0) is 96.5 Å². The van der Waals surface area contributed by atoms with Crippen molar-refractivity contribution in [2.75, 3.05) is 0 Å². The number of fused-ring (bicyclic) bond motifs is 1. The topological polar surface area (TPSA) is 25.2 Å². The van der Waals surface area contributed by atoms with Gasteiger partial charge in [0, 0.05) is 22.7 Å². The molecule has 254 valence electrons. The highest BCUT2D eigenvalue weighted by atomic mass is 14.8. The number of hydrogen-bond acceptors (Lipinski definition) is 2. The number of benzene rings is 4. The third kappa shape index (κ3) is 10.2. The van der Waals surface area contributed by atoms with Crippen LogP contribution in [0.15, 0.2) is 171 Å². The van der Waals surface area contributed by atoms with E-state index in [1.807, 2.05) is 45.2 Å². The number of hydrogen-bond donors (Lipinski definition) is 0. The normalized spacial score (nSPS) is 12.6. The number of aliphatic imine (C=N–C) groups is 1. The molecule has 0 aliphatic rings. The number of para-hydroxylation sites is 1. The second-order valence-electron chi connectivity index (χ2n) is 11.2. The Morgan fingerprint density at radius 3 is 2.10 bits per heavy atom. The van der Waals surface area contributed by atoms with E-state index in [0.717, 1.165) is 67.6 Å². The van der Waals surface area contributed by atoms with Crippen molar-refractivity contribution < 1.29 is 0 Å². The van der Waals surface area contributed by atoms with Crippen molar-refractivity contribution in [2.24, 2.45) is 4.99 Å². The Hall–Kier alpha value is -5.60. The van der Waals surface area contributed by atoms with Gasteiger partial charge in [-0.3, -0.25) is 9.98 Å². The summed E-state index contributed by atoms with van der Waals surface area (Å²) in [6.45, 7) is 22.4. The minimum Gasteiger partial charge on any atom is -0.277 e. The Bertz CT molecular complexity index is 1960. The van der Waals surface area contributed by atoms with Crippen LogP contribution in [0.4, 0.5) is 0 Å². The molecule has 0 aliphatic carbocycles. The highest BCUT2D eigenvalue weighted by Crippen LogP contribution is 2.32. The van der Waals surface area contributed by atoms with Gasteiger partial charge in [0.05, 0.1) is 17.3 Å². The van der Waals surface area contributed by atoms with Crippen LogP contribution in [0.25, 0.3) is 39.3 Å². The molecule has 5 aromatic rings. The largest absolute Gasteiger partial charge is 0.277 e. The minimum absolute atomic E-state index is 0.0604. The van der Waals surface area contributed by atoms with E-state index in [2.05, 4.69) is 168 Å². The lowest BCUT2D eigenvalue weighted by atomic mass is 9.92. The Labute approximate surface area is 301 Å². The van der Waals surface area contributed by atoms with E-state index in [1.165, 1.54) is 5.57 Å². The molecule has 0 N–H and O–H groups in total. The molecular weight excluding hydrogens is 605 g/mol. The number of aromatic nitrogens is 1. The van der Waals surface area contributed by atoms with Gasteiger partial charge in [-0.1, -0.05) is 143 Å². The van der Waals surface area contributed by atoms with Crippen molar-refractivity contribution in [1.82, 2.24) is 4.98 Å². The second-order valence-corrected chi connectivity index (χ2v) is 11.2. The smallest absolute Gasteiger partial charge is 0.0780 e. The van der Waals surface area contributed by atoms with Crippen molar-refractivity contribution in [3.63, 3.8) is 0 Å². The zero-order valence-electron chi connectivity index (χ0n) is 30.7. The molecule has 2 heteroatoms. The predicted octanol–water partition coefficient (Wildman–Crippen LogP) is 14.0. The van der Waals surface area contributed by atoms with E-state index < -0.39 is 0 Å². The van der Waals surface area contributed by atoms with Crippen LogP contribution in [0.5, 0.6) is 0 Å². The van der Waals surface area contributed by atoms with Gasteiger partial charge in [0.15, 0.2) is 0 Å². The molecule has 1 atom stereocenters. The highest BCUT2D eigenvalue weighted by molar-refractivity contribution is 6.12. The van der Waals surface area contributed by atoms with Crippen LogP contribution < -0.4 is 0 Å². The summed E-state index contributed by atoms with van der Waals surface area (Å²) in [4.78, 5) is 10.2. The van der Waals surface area contributed by atoms with E-state index in [0.29, 0.717) is 0 Å². The van der Waals surface area contributed by atoms with Gasteiger partial charge in [-0.15, -0.1) is 13.2 Å². The molecule has 1 unspecified atom stereocenters. The van der Waals surface area contributed by atoms with E-state index in [9.17, 15) is 0 Å². The number of pyridine rings is 1. The molecule has 0 fully saturated rings. The summed E-state index contributed by atoms with van der Waals surface area (Å²) < 4.78 is 0. The summed E-state index contributed by atoms with van der Waals surface area (Å²) in [5.74, 6) is 0. The maximum absolute atomic E-state index is 5.37. The standard InChI is InChI=1S/C44H42N2.C2H6.C2H4/c1-6-10-18-35(9-4)39-29-40(42-21-14-19-38-20-15-28-45-44(38)42)31-41(30-39)43(27-22-33-16-12-11-13-17-33)46-32(5)36-23-25-37(26-24-36)34(7-2)8-3;2*1-2/h7-32H,2,6H2,1,3-5H3;1-2H3;1-2H2/b18-10-,27-22-,34-8+,35-9+,46-43?;;. The summed E-state index contributed by atoms with van der Waals surface area (Å²) in [6.07, 6.45) is 17.7. The second kappa shape index (κ2) is 20.7. The van der Waals surface area contributed by atoms with Crippen molar-refractivity contribution in [3.05, 3.63) is 193 Å². The molecule has 0 saturated heterocycles. The van der Waals surface area contributed by atoms with Crippen molar-refractivity contribution in [3.8, 4) is 11.1 Å². The maximum atomic E-state index is 5.37. The summed E-state index contributed by atoms with van der Waals surface area (Å²) in [5.41, 5.74) is 12.1. The van der Waals surface area contributed by atoms with Crippen LogP contribution in [0.2, 0.25) is 0 Å². The van der Waals surface area contributed by atoms with E-state index >= 15 is 0 Å². The van der Waals surface area contributed by atoms with Crippen LogP contribution in [0.3, 0.4) is 0 Å². The molecule has 0 spiro atoms. The molecule has 2 nitrogen and oxygen atoms in total. The van der Waals surface area contributed by atoms with E-state index in [1.54, 1.807) is 0 Å². The molecule has 4 aromatic carbocycles. The van der Waals surface area contributed by atoms with Crippen LogP contribution in [-0.2, 0) is 0 Å². The van der Waals surface area contributed by atoms with E-state index in [-0.39, 0.29) is 6.04 Å². The molecule has 1 aromatic heterocycles. The first-order chi connectivity index (χ1) is 24.5. The molecule has 1 heterocycles. The average molecular weight is 657 g/mol. The van der Waals surface area contributed by atoms with Gasteiger partial charge in [-0.25, -0.2) is 0 Å². The van der Waals surface area contributed by atoms with Gasteiger partial charge >= 0.3 is 0 Å². The third-order valence-electron chi connectivity index (χ3n) is 8.17. The Morgan fingerprint density at radius 1 is 0.760 bits per heavy atom. The van der Waals surface area contributed by atoms with Gasteiger partial charge in [0.2, 0.25) is 0 Å². The fraction of sp³-hybridized carbons (Fsp3) is 0.167. The molecule has 0 radical (unpaired) electrons. The lowest BCUT2D eigenvalue weighted by Gasteiger charge is -2.15. The number of allylic oxidation sites excluding steroid dienone is 8. The average Bonchev–Trinajstić information content (AvgIpc) is 3.19. The lowest BCUT2D eigenvalue weighted by molar-refractivity contribution is 0.821. The molecule has 0 amide bonds. The zero-order chi connectivity index (χ0) is 36.3. The fourth-order valence-corrected chi connectivity index (χ4v) is 5.63.